The molecule has 0 bridgehead atoms. The summed E-state index contributed by atoms with van der Waals surface area (Å²) in [5.41, 5.74) is 1.24. The molecule has 2 aliphatic heterocycles. The number of amides is 3. The summed E-state index contributed by atoms with van der Waals surface area (Å²) < 4.78 is 28.1. The summed E-state index contributed by atoms with van der Waals surface area (Å²) in [6, 6.07) is 7.01. The molecule has 38 heavy (non-hydrogen) atoms. The number of aromatic nitrogens is 2. The van der Waals surface area contributed by atoms with Crippen molar-refractivity contribution in [2.75, 3.05) is 55.8 Å². The van der Waals surface area contributed by atoms with Crippen LogP contribution < -0.4 is 25.6 Å². The third-order valence-electron chi connectivity index (χ3n) is 7.42. The van der Waals surface area contributed by atoms with Crippen molar-refractivity contribution >= 4 is 40.6 Å². The second-order valence-corrected chi connectivity index (χ2v) is 9.89. The molecule has 1 aliphatic carbocycles. The topological polar surface area (TPSA) is 129 Å². The number of piperidine rings is 1. The van der Waals surface area contributed by atoms with E-state index in [1.54, 1.807) is 13.2 Å². The fourth-order valence-electron chi connectivity index (χ4n) is 5.28. The van der Waals surface area contributed by atoms with Gasteiger partial charge in [0.15, 0.2) is 17.3 Å². The fourth-order valence-corrected chi connectivity index (χ4v) is 5.28. The van der Waals surface area contributed by atoms with E-state index in [0.717, 1.165) is 44.6 Å². The van der Waals surface area contributed by atoms with Crippen LogP contribution in [-0.4, -0.2) is 73.1 Å². The molecular formula is C27H33N7O4. The lowest BCUT2D eigenvalue weighted by molar-refractivity contribution is -0.125. The quantitative estimate of drug-likeness (QED) is 0.451. The summed E-state index contributed by atoms with van der Waals surface area (Å²) in [7, 11) is 1.55. The molecule has 1 aromatic heterocycles. The number of benzene rings is 1. The van der Waals surface area contributed by atoms with Crippen molar-refractivity contribution in [2.45, 2.75) is 19.3 Å². The van der Waals surface area contributed by atoms with Crippen LogP contribution in [0.2, 0.25) is 0 Å². The predicted octanol–water partition coefficient (Wildman–Crippen LogP) is 2.41. The Balaban J connectivity index is 1.42. The van der Waals surface area contributed by atoms with Gasteiger partial charge in [0.25, 0.3) is 5.91 Å². The van der Waals surface area contributed by atoms with E-state index >= 15 is 0 Å². The molecule has 11 heteroatoms. The van der Waals surface area contributed by atoms with Gasteiger partial charge in [-0.3, -0.25) is 14.4 Å². The molecule has 3 amide bonds. The summed E-state index contributed by atoms with van der Waals surface area (Å²) in [4.78, 5) is 41.4. The number of methoxy groups -OCH3 is 1. The second kappa shape index (κ2) is 10.7. The monoisotopic (exact) mass is 522 g/mol. The van der Waals surface area contributed by atoms with E-state index in [1.165, 1.54) is 12.1 Å². The smallest absolute Gasteiger partial charge is 0.273 e. The van der Waals surface area contributed by atoms with Crippen LogP contribution in [0.5, 0.6) is 5.75 Å². The summed E-state index contributed by atoms with van der Waals surface area (Å²) in [6.45, 7) is 3.80. The molecule has 200 valence electrons. The molecule has 2 saturated heterocycles. The zero-order valence-corrected chi connectivity index (χ0v) is 21.2. The minimum absolute atomic E-state index is 0.0493. The molecule has 3 N–H and O–H groups in total. The van der Waals surface area contributed by atoms with Crippen molar-refractivity contribution in [2.24, 2.45) is 17.8 Å². The molecule has 0 radical (unpaired) electrons. The molecule has 11 nitrogen and oxygen atoms in total. The SMILES string of the molecule is [2H]C([2H])([2H])NC(=O)c1nnc(NC(=O)C2CC2)cc1Nc1cccc(N2CC[C@H]3CN(C(=O)C=C)C[C@H]3C2)c1OC. The van der Waals surface area contributed by atoms with E-state index in [2.05, 4.69) is 32.3 Å². The van der Waals surface area contributed by atoms with Gasteiger partial charge in [-0.2, -0.15) is 0 Å². The standard InChI is InChI=1S/C27H33N7O4/c1-4-23(35)34-13-17-10-11-33(14-18(17)15-34)21-7-5-6-19(25(21)38-3)29-20-12-22(30-26(36)16-8-9-16)31-32-24(20)27(37)28-2/h4-7,12,16-18H,1,8-11,13-15H2,2-3H3,(H,28,37)(H2,29,30,31,36)/t17-,18+/m0/s1/i2D3. The number of hydrogen-bond acceptors (Lipinski definition) is 8. The first-order valence-corrected chi connectivity index (χ1v) is 12.7. The molecule has 3 heterocycles. The largest absolute Gasteiger partial charge is 0.492 e. The summed E-state index contributed by atoms with van der Waals surface area (Å²) in [5.74, 6) is 0.129. The van der Waals surface area contributed by atoms with E-state index in [4.69, 9.17) is 8.85 Å². The number of nitrogens with zero attached hydrogens (tertiary/aromatic N) is 4. The van der Waals surface area contributed by atoms with Crippen LogP contribution >= 0.6 is 0 Å². The van der Waals surface area contributed by atoms with Gasteiger partial charge in [-0.1, -0.05) is 12.6 Å². The van der Waals surface area contributed by atoms with Gasteiger partial charge in [0, 0.05) is 49.3 Å². The number of carbonyl (C=O) groups is 3. The normalized spacial score (nSPS) is 21.9. The highest BCUT2D eigenvalue weighted by Crippen LogP contribution is 2.41. The highest BCUT2D eigenvalue weighted by Gasteiger charge is 2.39. The zero-order chi connectivity index (χ0) is 29.3. The van der Waals surface area contributed by atoms with E-state index in [-0.39, 0.29) is 34.9 Å². The van der Waals surface area contributed by atoms with Crippen LogP contribution in [0.3, 0.4) is 0 Å². The third-order valence-corrected chi connectivity index (χ3v) is 7.42. The van der Waals surface area contributed by atoms with Crippen LogP contribution in [0.15, 0.2) is 36.9 Å². The molecule has 3 aliphatic rings. The molecule has 0 spiro atoms. The van der Waals surface area contributed by atoms with E-state index in [0.29, 0.717) is 29.8 Å². The maximum absolute atomic E-state index is 12.8. The number of ether oxygens (including phenoxy) is 1. The molecule has 1 saturated carbocycles. The van der Waals surface area contributed by atoms with Crippen molar-refractivity contribution < 1.29 is 23.2 Å². The average Bonchev–Trinajstić information content (AvgIpc) is 3.70. The number of nitrogens with one attached hydrogen (secondary N) is 3. The van der Waals surface area contributed by atoms with Crippen LogP contribution in [0.4, 0.5) is 22.9 Å². The maximum atomic E-state index is 12.8. The third kappa shape index (κ3) is 5.13. The van der Waals surface area contributed by atoms with Crippen molar-refractivity contribution in [3.63, 3.8) is 0 Å². The molecule has 2 aromatic rings. The molecule has 1 aromatic carbocycles. The summed E-state index contributed by atoms with van der Waals surface area (Å²) in [6.07, 6.45) is 3.88. The van der Waals surface area contributed by atoms with Gasteiger partial charge in [0.2, 0.25) is 11.8 Å². The summed E-state index contributed by atoms with van der Waals surface area (Å²) >= 11 is 0. The van der Waals surface area contributed by atoms with E-state index in [9.17, 15) is 14.4 Å². The highest BCUT2D eigenvalue weighted by atomic mass is 16.5. The number of anilines is 4. The van der Waals surface area contributed by atoms with Crippen molar-refractivity contribution in [3.8, 4) is 5.75 Å². The first-order valence-electron chi connectivity index (χ1n) is 14.2. The Kier molecular flexibility index (Phi) is 6.15. The Bertz CT molecular complexity index is 1360. The first-order chi connectivity index (χ1) is 19.6. The minimum atomic E-state index is -2.73. The molecule has 3 fully saturated rings. The molecular weight excluding hydrogens is 486 g/mol. The predicted molar refractivity (Wildman–Crippen MR) is 144 cm³/mol. The Hall–Kier alpha value is -4.15. The van der Waals surface area contributed by atoms with E-state index < -0.39 is 12.9 Å². The molecule has 0 unspecified atom stereocenters. The van der Waals surface area contributed by atoms with Crippen molar-refractivity contribution in [3.05, 3.63) is 42.6 Å². The number of para-hydroxylation sites is 1. The van der Waals surface area contributed by atoms with Gasteiger partial charge < -0.3 is 30.5 Å². The van der Waals surface area contributed by atoms with Gasteiger partial charge in [-0.05, 0) is 49.3 Å². The van der Waals surface area contributed by atoms with Crippen LogP contribution in [0, 0.1) is 17.8 Å². The number of hydrogen-bond donors (Lipinski definition) is 3. The number of likely N-dealkylation sites (tertiary alicyclic amines) is 1. The van der Waals surface area contributed by atoms with Gasteiger partial charge in [0.05, 0.1) is 24.2 Å². The Labute approximate surface area is 225 Å². The van der Waals surface area contributed by atoms with Crippen LogP contribution in [0.1, 0.15) is 33.9 Å². The van der Waals surface area contributed by atoms with Gasteiger partial charge >= 0.3 is 0 Å². The number of carbonyl (C=O) groups excluding carboxylic acids is 3. The van der Waals surface area contributed by atoms with Crippen molar-refractivity contribution in [1.29, 1.82) is 0 Å². The van der Waals surface area contributed by atoms with E-state index in [1.807, 2.05) is 22.3 Å². The fraction of sp³-hybridized carbons (Fsp3) is 0.444. The molecule has 2 atom stereocenters. The molecule has 5 rings (SSSR count). The highest BCUT2D eigenvalue weighted by molar-refractivity contribution is 6.00. The maximum Gasteiger partial charge on any atom is 0.273 e. The Morgan fingerprint density at radius 3 is 2.68 bits per heavy atom. The minimum Gasteiger partial charge on any atom is -0.492 e. The lowest BCUT2D eigenvalue weighted by atomic mass is 9.88. The zero-order valence-electron chi connectivity index (χ0n) is 24.2. The first kappa shape index (κ1) is 21.9. The van der Waals surface area contributed by atoms with Gasteiger partial charge in [0.1, 0.15) is 0 Å². The van der Waals surface area contributed by atoms with Gasteiger partial charge in [-0.25, -0.2) is 0 Å². The lowest BCUT2D eigenvalue weighted by Gasteiger charge is -2.36. The van der Waals surface area contributed by atoms with Crippen LogP contribution in [-0.2, 0) is 9.59 Å². The Morgan fingerprint density at radius 1 is 1.13 bits per heavy atom. The lowest BCUT2D eigenvalue weighted by Crippen LogP contribution is -2.40. The summed E-state index contributed by atoms with van der Waals surface area (Å²) in [5, 5.41) is 15.7. The average molecular weight is 523 g/mol. The second-order valence-electron chi connectivity index (χ2n) is 9.89. The van der Waals surface area contributed by atoms with Gasteiger partial charge in [-0.15, -0.1) is 10.2 Å². The number of fused-ring (bicyclic) bond motifs is 1. The van der Waals surface area contributed by atoms with Crippen molar-refractivity contribution in [1.82, 2.24) is 20.4 Å². The van der Waals surface area contributed by atoms with Crippen LogP contribution in [0.25, 0.3) is 0 Å². The Morgan fingerprint density at radius 2 is 1.95 bits per heavy atom. The number of rotatable bonds is 8.